The number of nitrogens with one attached hydrogen (secondary N) is 1. The van der Waals surface area contributed by atoms with E-state index in [-0.39, 0.29) is 6.04 Å². The van der Waals surface area contributed by atoms with Crippen LogP contribution >= 0.6 is 11.8 Å². The van der Waals surface area contributed by atoms with Crippen molar-refractivity contribution in [3.8, 4) is 0 Å². The summed E-state index contributed by atoms with van der Waals surface area (Å²) in [5.74, 6) is -0.708. The summed E-state index contributed by atoms with van der Waals surface area (Å²) in [6.45, 7) is 8.24. The molecule has 1 aliphatic carbocycles. The monoisotopic (exact) mass is 307 g/mol. The molecular formula is C17H25NO2S. The van der Waals surface area contributed by atoms with E-state index < -0.39 is 11.5 Å². The second-order valence-electron chi connectivity index (χ2n) is 6.44. The first kappa shape index (κ1) is 16.4. The topological polar surface area (TPSA) is 49.3 Å². The Morgan fingerprint density at radius 3 is 2.71 bits per heavy atom. The third kappa shape index (κ3) is 3.80. The molecule has 1 aliphatic rings. The predicted octanol–water partition coefficient (Wildman–Crippen LogP) is 3.77. The Balaban J connectivity index is 2.09. The molecule has 4 heteroatoms. The third-order valence-corrected chi connectivity index (χ3v) is 5.52. The molecule has 3 nitrogen and oxygen atoms in total. The first-order valence-corrected chi connectivity index (χ1v) is 8.45. The fourth-order valence-electron chi connectivity index (χ4n) is 3.15. The molecule has 2 rings (SSSR count). The van der Waals surface area contributed by atoms with Gasteiger partial charge in [0.1, 0.15) is 5.54 Å². The highest BCUT2D eigenvalue weighted by atomic mass is 32.2. The van der Waals surface area contributed by atoms with Crippen LogP contribution in [-0.2, 0) is 4.79 Å². The van der Waals surface area contributed by atoms with Gasteiger partial charge in [-0.3, -0.25) is 10.1 Å². The highest BCUT2D eigenvalue weighted by Gasteiger charge is 2.46. The van der Waals surface area contributed by atoms with Crippen molar-refractivity contribution < 1.29 is 9.90 Å². The van der Waals surface area contributed by atoms with Crippen LogP contribution in [0.2, 0.25) is 0 Å². The van der Waals surface area contributed by atoms with E-state index >= 15 is 0 Å². The summed E-state index contributed by atoms with van der Waals surface area (Å²) in [5, 5.41) is 13.3. The first-order chi connectivity index (χ1) is 9.82. The van der Waals surface area contributed by atoms with E-state index in [9.17, 15) is 9.90 Å². The minimum atomic E-state index is -0.746. The molecule has 116 valence electrons. The molecular weight excluding hydrogens is 282 g/mol. The van der Waals surface area contributed by atoms with Gasteiger partial charge >= 0.3 is 5.97 Å². The van der Waals surface area contributed by atoms with Crippen molar-refractivity contribution in [3.05, 3.63) is 29.3 Å². The number of aliphatic carboxylic acids is 1. The minimum Gasteiger partial charge on any atom is -0.480 e. The first-order valence-electron chi connectivity index (χ1n) is 7.57. The molecule has 2 atom stereocenters. The second kappa shape index (κ2) is 6.41. The molecule has 0 heterocycles. The van der Waals surface area contributed by atoms with Crippen LogP contribution in [0.15, 0.2) is 23.1 Å². The average Bonchev–Trinajstić information content (AvgIpc) is 2.76. The van der Waals surface area contributed by atoms with Crippen molar-refractivity contribution in [3.63, 3.8) is 0 Å². The number of benzene rings is 1. The van der Waals surface area contributed by atoms with Crippen LogP contribution < -0.4 is 5.32 Å². The molecule has 21 heavy (non-hydrogen) atoms. The standard InChI is InChI=1S/C17H25NO2S/c1-11(2)18-17(16(19)20)8-7-14(10-17)21-15-6-5-12(3)9-13(15)4/h5-6,9,11,14,18H,7-8,10H2,1-4H3,(H,19,20). The van der Waals surface area contributed by atoms with E-state index in [1.807, 2.05) is 25.6 Å². The Labute approximate surface area is 131 Å². The maximum Gasteiger partial charge on any atom is 0.323 e. The summed E-state index contributed by atoms with van der Waals surface area (Å²) >= 11 is 1.83. The molecule has 0 spiro atoms. The number of aryl methyl sites for hydroxylation is 2. The van der Waals surface area contributed by atoms with Crippen molar-refractivity contribution in [2.75, 3.05) is 0 Å². The molecule has 2 N–H and O–H groups in total. The summed E-state index contributed by atoms with van der Waals surface area (Å²) in [6, 6.07) is 6.66. The lowest BCUT2D eigenvalue weighted by molar-refractivity contribution is -0.145. The molecule has 2 unspecified atom stereocenters. The number of carboxylic acid groups (broad SMARTS) is 1. The van der Waals surface area contributed by atoms with Crippen LogP contribution in [-0.4, -0.2) is 27.9 Å². The zero-order valence-corrected chi connectivity index (χ0v) is 14.1. The lowest BCUT2D eigenvalue weighted by Crippen LogP contribution is -2.53. The lowest BCUT2D eigenvalue weighted by atomic mass is 9.97. The van der Waals surface area contributed by atoms with Gasteiger partial charge in [-0.05, 0) is 58.6 Å². The van der Waals surface area contributed by atoms with Gasteiger partial charge in [0.15, 0.2) is 0 Å². The van der Waals surface area contributed by atoms with Crippen LogP contribution in [0.3, 0.4) is 0 Å². The van der Waals surface area contributed by atoms with E-state index in [2.05, 4.69) is 37.4 Å². The van der Waals surface area contributed by atoms with Gasteiger partial charge in [0, 0.05) is 16.2 Å². The van der Waals surface area contributed by atoms with Crippen LogP contribution in [0.25, 0.3) is 0 Å². The summed E-state index contributed by atoms with van der Waals surface area (Å²) in [6.07, 6.45) is 2.35. The van der Waals surface area contributed by atoms with Crippen LogP contribution in [0.4, 0.5) is 0 Å². The Morgan fingerprint density at radius 1 is 1.43 bits per heavy atom. The van der Waals surface area contributed by atoms with Gasteiger partial charge in [-0.25, -0.2) is 0 Å². The normalized spacial score (nSPS) is 25.5. The van der Waals surface area contributed by atoms with Gasteiger partial charge in [-0.15, -0.1) is 11.8 Å². The Kier molecular flexibility index (Phi) is 4.99. The summed E-state index contributed by atoms with van der Waals surface area (Å²) in [5.41, 5.74) is 1.80. The van der Waals surface area contributed by atoms with Gasteiger partial charge in [-0.1, -0.05) is 17.7 Å². The fraction of sp³-hybridized carbons (Fsp3) is 0.588. The van der Waals surface area contributed by atoms with Gasteiger partial charge in [-0.2, -0.15) is 0 Å². The highest BCUT2D eigenvalue weighted by Crippen LogP contribution is 2.41. The summed E-state index contributed by atoms with van der Waals surface area (Å²) in [4.78, 5) is 13.0. The highest BCUT2D eigenvalue weighted by molar-refractivity contribution is 8.00. The Hall–Kier alpha value is -1.00. The number of carbonyl (C=O) groups is 1. The predicted molar refractivity (Wildman–Crippen MR) is 88.1 cm³/mol. The number of carboxylic acids is 1. The molecule has 1 saturated carbocycles. The molecule has 1 fully saturated rings. The molecule has 0 radical (unpaired) electrons. The molecule has 1 aromatic carbocycles. The van der Waals surface area contributed by atoms with Gasteiger partial charge < -0.3 is 5.11 Å². The maximum atomic E-state index is 11.7. The minimum absolute atomic E-state index is 0.186. The van der Waals surface area contributed by atoms with Gasteiger partial charge in [0.2, 0.25) is 0 Å². The van der Waals surface area contributed by atoms with E-state index in [4.69, 9.17) is 0 Å². The third-order valence-electron chi connectivity index (χ3n) is 4.07. The second-order valence-corrected chi connectivity index (χ2v) is 7.78. The zero-order chi connectivity index (χ0) is 15.6. The number of hydrogen-bond acceptors (Lipinski definition) is 3. The molecule has 0 bridgehead atoms. The van der Waals surface area contributed by atoms with Gasteiger partial charge in [0.25, 0.3) is 0 Å². The molecule has 0 amide bonds. The Morgan fingerprint density at radius 2 is 2.14 bits per heavy atom. The zero-order valence-electron chi connectivity index (χ0n) is 13.3. The maximum absolute atomic E-state index is 11.7. The van der Waals surface area contributed by atoms with Crippen LogP contribution in [0.1, 0.15) is 44.2 Å². The number of hydrogen-bond donors (Lipinski definition) is 2. The van der Waals surface area contributed by atoms with Crippen LogP contribution in [0.5, 0.6) is 0 Å². The quantitative estimate of drug-likeness (QED) is 0.869. The smallest absolute Gasteiger partial charge is 0.323 e. The SMILES string of the molecule is Cc1ccc(SC2CCC(NC(C)C)(C(=O)O)C2)c(C)c1. The molecule has 0 saturated heterocycles. The largest absolute Gasteiger partial charge is 0.480 e. The van der Waals surface area contributed by atoms with E-state index in [0.717, 1.165) is 6.42 Å². The lowest BCUT2D eigenvalue weighted by Gasteiger charge is -2.28. The molecule has 0 aromatic heterocycles. The summed E-state index contributed by atoms with van der Waals surface area (Å²) < 4.78 is 0. The molecule has 1 aromatic rings. The van der Waals surface area contributed by atoms with Crippen molar-refractivity contribution >= 4 is 17.7 Å². The van der Waals surface area contributed by atoms with E-state index in [1.165, 1.54) is 16.0 Å². The van der Waals surface area contributed by atoms with Crippen molar-refractivity contribution in [1.29, 1.82) is 0 Å². The van der Waals surface area contributed by atoms with E-state index in [0.29, 0.717) is 18.1 Å². The van der Waals surface area contributed by atoms with Crippen LogP contribution in [0, 0.1) is 13.8 Å². The van der Waals surface area contributed by atoms with E-state index in [1.54, 1.807) is 0 Å². The van der Waals surface area contributed by atoms with Crippen molar-refractivity contribution in [2.45, 2.75) is 68.7 Å². The van der Waals surface area contributed by atoms with Crippen molar-refractivity contribution in [2.24, 2.45) is 0 Å². The van der Waals surface area contributed by atoms with Crippen molar-refractivity contribution in [1.82, 2.24) is 5.32 Å². The Bertz CT molecular complexity index is 530. The van der Waals surface area contributed by atoms with Gasteiger partial charge in [0.05, 0.1) is 0 Å². The number of rotatable bonds is 5. The fourth-order valence-corrected chi connectivity index (χ4v) is 4.51. The summed E-state index contributed by atoms with van der Waals surface area (Å²) in [7, 11) is 0. The average molecular weight is 307 g/mol. The molecule has 0 aliphatic heterocycles. The number of thioether (sulfide) groups is 1.